The van der Waals surface area contributed by atoms with E-state index in [1.807, 2.05) is 13.0 Å². The predicted molar refractivity (Wildman–Crippen MR) is 76.7 cm³/mol. The zero-order valence-electron chi connectivity index (χ0n) is 10.2. The van der Waals surface area contributed by atoms with Gasteiger partial charge in [0.2, 0.25) is 0 Å². The molecule has 1 aromatic carbocycles. The molecule has 2 aromatic rings. The minimum Gasteiger partial charge on any atom is -0.398 e. The van der Waals surface area contributed by atoms with Crippen LogP contribution in [0.25, 0.3) is 0 Å². The molecule has 0 aliphatic rings. The molecule has 17 heavy (non-hydrogen) atoms. The summed E-state index contributed by atoms with van der Waals surface area (Å²) in [5.41, 5.74) is 10.3. The summed E-state index contributed by atoms with van der Waals surface area (Å²) in [4.78, 5) is 0. The Balaban J connectivity index is 1.98. The first-order valence-corrected chi connectivity index (χ1v) is 6.73. The molecule has 90 valence electrons. The standard InChI is InChI=1S/C14H18N2S/c1-10-3-4-13(8-14(10)15)16-11(2)7-12-5-6-17-9-12/h3-6,8-9,11,16H,7,15H2,1-2H3. The third kappa shape index (κ3) is 3.24. The summed E-state index contributed by atoms with van der Waals surface area (Å²) < 4.78 is 0. The fourth-order valence-corrected chi connectivity index (χ4v) is 2.51. The van der Waals surface area contributed by atoms with E-state index in [4.69, 9.17) is 5.73 Å². The van der Waals surface area contributed by atoms with Crippen molar-refractivity contribution < 1.29 is 0 Å². The molecule has 0 bridgehead atoms. The topological polar surface area (TPSA) is 38.0 Å². The van der Waals surface area contributed by atoms with Gasteiger partial charge >= 0.3 is 0 Å². The van der Waals surface area contributed by atoms with Crippen molar-refractivity contribution in [2.75, 3.05) is 11.1 Å². The van der Waals surface area contributed by atoms with Gasteiger partial charge in [0.1, 0.15) is 0 Å². The highest BCUT2D eigenvalue weighted by atomic mass is 32.1. The predicted octanol–water partition coefficient (Wildman–Crippen LogP) is 3.68. The summed E-state index contributed by atoms with van der Waals surface area (Å²) in [5.74, 6) is 0. The lowest BCUT2D eigenvalue weighted by molar-refractivity contribution is 0.793. The van der Waals surface area contributed by atoms with E-state index in [-0.39, 0.29) is 0 Å². The highest BCUT2D eigenvalue weighted by molar-refractivity contribution is 7.07. The van der Waals surface area contributed by atoms with E-state index in [1.165, 1.54) is 5.56 Å². The molecule has 3 N–H and O–H groups in total. The second-order valence-electron chi connectivity index (χ2n) is 4.45. The first kappa shape index (κ1) is 12.0. The van der Waals surface area contributed by atoms with Crippen LogP contribution in [0.2, 0.25) is 0 Å². The lowest BCUT2D eigenvalue weighted by Crippen LogP contribution is -2.17. The molecule has 1 heterocycles. The second-order valence-corrected chi connectivity index (χ2v) is 5.23. The normalized spacial score (nSPS) is 12.4. The van der Waals surface area contributed by atoms with E-state index in [2.05, 4.69) is 41.2 Å². The highest BCUT2D eigenvalue weighted by Gasteiger charge is 2.04. The number of aryl methyl sites for hydroxylation is 1. The van der Waals surface area contributed by atoms with Crippen LogP contribution in [0.1, 0.15) is 18.1 Å². The summed E-state index contributed by atoms with van der Waals surface area (Å²) in [6.45, 7) is 4.21. The monoisotopic (exact) mass is 246 g/mol. The lowest BCUT2D eigenvalue weighted by Gasteiger charge is -2.15. The molecule has 1 unspecified atom stereocenters. The fraction of sp³-hybridized carbons (Fsp3) is 0.286. The molecular formula is C14H18N2S. The Bertz CT molecular complexity index is 477. The van der Waals surface area contributed by atoms with Gasteiger partial charge in [-0.3, -0.25) is 0 Å². The van der Waals surface area contributed by atoms with Gasteiger partial charge in [-0.1, -0.05) is 6.07 Å². The number of nitrogens with one attached hydrogen (secondary N) is 1. The molecular weight excluding hydrogens is 228 g/mol. The number of thiophene rings is 1. The Hall–Kier alpha value is -1.48. The minimum absolute atomic E-state index is 0.409. The van der Waals surface area contributed by atoms with Crippen LogP contribution >= 0.6 is 11.3 Å². The first-order chi connectivity index (χ1) is 8.15. The summed E-state index contributed by atoms with van der Waals surface area (Å²) >= 11 is 1.74. The van der Waals surface area contributed by atoms with Gasteiger partial charge in [0, 0.05) is 17.4 Å². The molecule has 0 fully saturated rings. The number of rotatable bonds is 4. The molecule has 0 spiro atoms. The van der Waals surface area contributed by atoms with Crippen LogP contribution in [0.15, 0.2) is 35.0 Å². The highest BCUT2D eigenvalue weighted by Crippen LogP contribution is 2.18. The van der Waals surface area contributed by atoms with Gasteiger partial charge < -0.3 is 11.1 Å². The molecule has 2 nitrogen and oxygen atoms in total. The molecule has 3 heteroatoms. The van der Waals surface area contributed by atoms with Gasteiger partial charge in [0.05, 0.1) is 0 Å². The Morgan fingerprint density at radius 1 is 1.35 bits per heavy atom. The van der Waals surface area contributed by atoms with Crippen LogP contribution in [-0.4, -0.2) is 6.04 Å². The third-order valence-corrected chi connectivity index (χ3v) is 3.55. The summed E-state index contributed by atoms with van der Waals surface area (Å²) in [6.07, 6.45) is 1.04. The molecule has 0 saturated carbocycles. The van der Waals surface area contributed by atoms with E-state index in [9.17, 15) is 0 Å². The van der Waals surface area contributed by atoms with E-state index in [1.54, 1.807) is 11.3 Å². The van der Waals surface area contributed by atoms with E-state index in [0.29, 0.717) is 6.04 Å². The van der Waals surface area contributed by atoms with Gasteiger partial charge in [-0.2, -0.15) is 11.3 Å². The Labute approximate surface area is 106 Å². The smallest absolute Gasteiger partial charge is 0.0364 e. The van der Waals surface area contributed by atoms with E-state index in [0.717, 1.165) is 23.4 Å². The molecule has 0 aliphatic heterocycles. The largest absolute Gasteiger partial charge is 0.398 e. The third-order valence-electron chi connectivity index (χ3n) is 2.81. The van der Waals surface area contributed by atoms with Crippen molar-refractivity contribution in [2.24, 2.45) is 0 Å². The zero-order chi connectivity index (χ0) is 12.3. The van der Waals surface area contributed by atoms with Gasteiger partial charge in [-0.25, -0.2) is 0 Å². The summed E-state index contributed by atoms with van der Waals surface area (Å²) in [7, 11) is 0. The molecule has 0 aliphatic carbocycles. The Morgan fingerprint density at radius 2 is 2.18 bits per heavy atom. The lowest BCUT2D eigenvalue weighted by atomic mass is 10.1. The van der Waals surface area contributed by atoms with Gasteiger partial charge in [-0.15, -0.1) is 0 Å². The number of hydrogen-bond donors (Lipinski definition) is 2. The van der Waals surface area contributed by atoms with Crippen molar-refractivity contribution in [1.82, 2.24) is 0 Å². The molecule has 0 saturated heterocycles. The van der Waals surface area contributed by atoms with Gasteiger partial charge in [0.25, 0.3) is 0 Å². The van der Waals surface area contributed by atoms with Crippen LogP contribution < -0.4 is 11.1 Å². The quantitative estimate of drug-likeness (QED) is 0.808. The average molecular weight is 246 g/mol. The SMILES string of the molecule is Cc1ccc(NC(C)Cc2ccsc2)cc1N. The molecule has 2 rings (SSSR count). The number of nitrogens with two attached hydrogens (primary N) is 1. The number of anilines is 2. The minimum atomic E-state index is 0.409. The van der Waals surface area contributed by atoms with E-state index >= 15 is 0 Å². The second kappa shape index (κ2) is 5.23. The fourth-order valence-electron chi connectivity index (χ4n) is 1.83. The molecule has 0 radical (unpaired) electrons. The first-order valence-electron chi connectivity index (χ1n) is 5.79. The number of hydrogen-bond acceptors (Lipinski definition) is 3. The average Bonchev–Trinajstić information content (AvgIpc) is 2.76. The summed E-state index contributed by atoms with van der Waals surface area (Å²) in [6, 6.07) is 8.71. The number of nitrogen functional groups attached to an aromatic ring is 1. The van der Waals surface area contributed by atoms with Crippen molar-refractivity contribution in [2.45, 2.75) is 26.3 Å². The maximum absolute atomic E-state index is 5.89. The van der Waals surface area contributed by atoms with Crippen LogP contribution in [0, 0.1) is 6.92 Å². The van der Waals surface area contributed by atoms with Crippen molar-refractivity contribution in [1.29, 1.82) is 0 Å². The van der Waals surface area contributed by atoms with E-state index < -0.39 is 0 Å². The maximum Gasteiger partial charge on any atom is 0.0364 e. The van der Waals surface area contributed by atoms with Crippen molar-refractivity contribution in [3.8, 4) is 0 Å². The van der Waals surface area contributed by atoms with Gasteiger partial charge in [-0.05, 0) is 60.4 Å². The summed E-state index contributed by atoms with van der Waals surface area (Å²) in [5, 5.41) is 7.79. The zero-order valence-corrected chi connectivity index (χ0v) is 11.1. The maximum atomic E-state index is 5.89. The molecule has 1 atom stereocenters. The molecule has 0 amide bonds. The number of benzene rings is 1. The van der Waals surface area contributed by atoms with Crippen LogP contribution in [0.5, 0.6) is 0 Å². The van der Waals surface area contributed by atoms with Crippen molar-refractivity contribution >= 4 is 22.7 Å². The van der Waals surface area contributed by atoms with Crippen molar-refractivity contribution in [3.05, 3.63) is 46.2 Å². The van der Waals surface area contributed by atoms with Crippen molar-refractivity contribution in [3.63, 3.8) is 0 Å². The van der Waals surface area contributed by atoms with Crippen LogP contribution in [-0.2, 0) is 6.42 Å². The molecule has 1 aromatic heterocycles. The van der Waals surface area contributed by atoms with Crippen LogP contribution in [0.4, 0.5) is 11.4 Å². The van der Waals surface area contributed by atoms with Crippen LogP contribution in [0.3, 0.4) is 0 Å². The Morgan fingerprint density at radius 3 is 2.82 bits per heavy atom. The Kier molecular flexibility index (Phi) is 3.69. The van der Waals surface area contributed by atoms with Gasteiger partial charge in [0.15, 0.2) is 0 Å².